The number of H-pyrrole nitrogens is 1. The number of aliphatic hydroxyl groups is 2. The lowest BCUT2D eigenvalue weighted by Crippen LogP contribution is -2.42. The molecule has 0 saturated carbocycles. The van der Waals surface area contributed by atoms with Crippen LogP contribution in [0.15, 0.2) is 21.9 Å². The Labute approximate surface area is 98.3 Å². The van der Waals surface area contributed by atoms with Gasteiger partial charge in [0.2, 0.25) is 6.23 Å². The number of halogens is 2. The molecule has 1 saturated heterocycles. The van der Waals surface area contributed by atoms with E-state index >= 15 is 0 Å². The van der Waals surface area contributed by atoms with Crippen molar-refractivity contribution in [1.29, 1.82) is 0 Å². The van der Waals surface area contributed by atoms with Crippen LogP contribution in [0.25, 0.3) is 0 Å². The number of nitrogens with one attached hydrogen (secondary N) is 1. The highest BCUT2D eigenvalue weighted by Gasteiger charge is 2.59. The molecule has 1 fully saturated rings. The molecule has 1 aliphatic rings. The fourth-order valence-electron chi connectivity index (χ4n) is 1.73. The summed E-state index contributed by atoms with van der Waals surface area (Å²) in [5.74, 6) is -3.75. The third-order valence-corrected chi connectivity index (χ3v) is 2.66. The zero-order chi connectivity index (χ0) is 13.5. The Morgan fingerprint density at radius 3 is 2.67 bits per heavy atom. The minimum Gasteiger partial charge on any atom is -0.394 e. The van der Waals surface area contributed by atoms with Crippen molar-refractivity contribution in [3.63, 3.8) is 0 Å². The minimum absolute atomic E-state index is 0.459. The summed E-state index contributed by atoms with van der Waals surface area (Å²) in [7, 11) is 0. The molecule has 0 bridgehead atoms. The highest BCUT2D eigenvalue weighted by molar-refractivity contribution is 4.97. The predicted octanol–water partition coefficient (Wildman–Crippen LogP) is -1.58. The van der Waals surface area contributed by atoms with Gasteiger partial charge in [-0.15, -0.1) is 0 Å². The highest BCUT2D eigenvalue weighted by atomic mass is 19.3. The van der Waals surface area contributed by atoms with Crippen molar-refractivity contribution < 1.29 is 23.7 Å². The van der Waals surface area contributed by atoms with Crippen LogP contribution in [-0.2, 0) is 4.74 Å². The Balaban J connectivity index is 2.45. The topological polar surface area (TPSA) is 105 Å². The Bertz CT molecular complexity index is 554. The summed E-state index contributed by atoms with van der Waals surface area (Å²) < 4.78 is 32.5. The van der Waals surface area contributed by atoms with Crippen molar-refractivity contribution in [1.82, 2.24) is 9.55 Å². The summed E-state index contributed by atoms with van der Waals surface area (Å²) >= 11 is 0. The lowest BCUT2D eigenvalue weighted by molar-refractivity contribution is -0.141. The Hall–Kier alpha value is -1.58. The van der Waals surface area contributed by atoms with Crippen molar-refractivity contribution in [2.24, 2.45) is 0 Å². The van der Waals surface area contributed by atoms with Crippen molar-refractivity contribution in [3.8, 4) is 0 Å². The number of rotatable bonds is 2. The number of hydrogen-bond donors (Lipinski definition) is 3. The number of aromatic nitrogens is 2. The molecule has 1 aliphatic heterocycles. The lowest BCUT2D eigenvalue weighted by atomic mass is 10.1. The summed E-state index contributed by atoms with van der Waals surface area (Å²) in [5.41, 5.74) is -1.82. The van der Waals surface area contributed by atoms with Crippen LogP contribution >= 0.6 is 0 Å². The molecule has 2 heterocycles. The number of nitrogens with zero attached hydrogens (tertiary/aromatic N) is 1. The Kier molecular flexibility index (Phi) is 3.05. The molecule has 0 aromatic carbocycles. The second kappa shape index (κ2) is 4.26. The molecule has 18 heavy (non-hydrogen) atoms. The van der Waals surface area contributed by atoms with E-state index in [0.29, 0.717) is 4.57 Å². The van der Waals surface area contributed by atoms with E-state index in [9.17, 15) is 23.5 Å². The summed E-state index contributed by atoms with van der Waals surface area (Å²) in [5, 5.41) is 18.1. The van der Waals surface area contributed by atoms with Gasteiger partial charge in [-0.3, -0.25) is 14.3 Å². The molecule has 0 amide bonds. The van der Waals surface area contributed by atoms with Crippen molar-refractivity contribution in [2.45, 2.75) is 24.4 Å². The maximum absolute atomic E-state index is 13.7. The van der Waals surface area contributed by atoms with E-state index in [1.54, 1.807) is 4.98 Å². The van der Waals surface area contributed by atoms with Gasteiger partial charge < -0.3 is 14.9 Å². The quantitative estimate of drug-likeness (QED) is 0.598. The second-order valence-electron chi connectivity index (χ2n) is 3.85. The number of hydrogen-bond acceptors (Lipinski definition) is 5. The monoisotopic (exact) mass is 264 g/mol. The largest absolute Gasteiger partial charge is 0.394 e. The summed E-state index contributed by atoms with van der Waals surface area (Å²) in [4.78, 5) is 24.0. The minimum atomic E-state index is -3.75. The SMILES string of the molecule is O=c1ccn([C@H]2O[C@H](CO)[C@H](O)C2(F)F)c(=O)[nH]1. The first kappa shape index (κ1) is 12.9. The van der Waals surface area contributed by atoms with Gasteiger partial charge in [-0.25, -0.2) is 4.79 Å². The third kappa shape index (κ3) is 1.85. The van der Waals surface area contributed by atoms with Crippen LogP contribution < -0.4 is 11.2 Å². The molecule has 1 aromatic rings. The predicted molar refractivity (Wildman–Crippen MR) is 53.3 cm³/mol. The van der Waals surface area contributed by atoms with Gasteiger partial charge in [-0.05, 0) is 0 Å². The molecule has 0 aliphatic carbocycles. The smallest absolute Gasteiger partial charge is 0.330 e. The summed E-state index contributed by atoms with van der Waals surface area (Å²) in [6.07, 6.45) is -4.96. The van der Waals surface area contributed by atoms with Gasteiger partial charge in [0.1, 0.15) is 6.10 Å². The number of ether oxygens (including phenoxy) is 1. The fourth-order valence-corrected chi connectivity index (χ4v) is 1.73. The maximum Gasteiger partial charge on any atom is 0.330 e. The number of aromatic amines is 1. The van der Waals surface area contributed by atoms with Crippen LogP contribution in [0.3, 0.4) is 0 Å². The number of aliphatic hydroxyl groups excluding tert-OH is 2. The van der Waals surface area contributed by atoms with E-state index in [-0.39, 0.29) is 0 Å². The highest BCUT2D eigenvalue weighted by Crippen LogP contribution is 2.41. The average molecular weight is 264 g/mol. The van der Waals surface area contributed by atoms with E-state index in [0.717, 1.165) is 12.3 Å². The molecule has 1 aromatic heterocycles. The van der Waals surface area contributed by atoms with Gasteiger partial charge in [0.05, 0.1) is 6.61 Å². The summed E-state index contributed by atoms with van der Waals surface area (Å²) in [6.45, 7) is -0.814. The van der Waals surface area contributed by atoms with E-state index in [1.807, 2.05) is 0 Å². The molecular weight excluding hydrogens is 254 g/mol. The molecule has 0 unspecified atom stereocenters. The first-order valence-electron chi connectivity index (χ1n) is 5.01. The summed E-state index contributed by atoms with van der Waals surface area (Å²) in [6, 6.07) is 0.874. The lowest BCUT2D eigenvalue weighted by Gasteiger charge is -2.20. The first-order chi connectivity index (χ1) is 8.37. The first-order valence-corrected chi connectivity index (χ1v) is 5.01. The van der Waals surface area contributed by atoms with E-state index in [1.165, 1.54) is 0 Å². The molecule has 0 spiro atoms. The van der Waals surface area contributed by atoms with Crippen LogP contribution in [0, 0.1) is 0 Å². The van der Waals surface area contributed by atoms with Gasteiger partial charge in [0, 0.05) is 12.3 Å². The zero-order valence-corrected chi connectivity index (χ0v) is 8.92. The maximum atomic E-state index is 13.7. The fraction of sp³-hybridized carbons (Fsp3) is 0.556. The Morgan fingerprint density at radius 2 is 2.17 bits per heavy atom. The van der Waals surface area contributed by atoms with Crippen molar-refractivity contribution >= 4 is 0 Å². The Morgan fingerprint density at radius 1 is 1.50 bits per heavy atom. The van der Waals surface area contributed by atoms with Crippen molar-refractivity contribution in [3.05, 3.63) is 33.1 Å². The number of alkyl halides is 2. The molecular formula is C9H10F2N2O5. The third-order valence-electron chi connectivity index (χ3n) is 2.66. The normalized spacial score (nSPS) is 30.6. The molecule has 3 atom stereocenters. The molecule has 7 nitrogen and oxygen atoms in total. The van der Waals surface area contributed by atoms with Gasteiger partial charge in [0.25, 0.3) is 5.56 Å². The van der Waals surface area contributed by atoms with Gasteiger partial charge >= 0.3 is 11.6 Å². The molecule has 3 N–H and O–H groups in total. The average Bonchev–Trinajstić information content (AvgIpc) is 2.52. The molecule has 0 radical (unpaired) electrons. The van der Waals surface area contributed by atoms with Gasteiger partial charge in [-0.2, -0.15) is 8.78 Å². The van der Waals surface area contributed by atoms with E-state index in [4.69, 9.17) is 9.84 Å². The van der Waals surface area contributed by atoms with Crippen LogP contribution in [0.1, 0.15) is 6.23 Å². The van der Waals surface area contributed by atoms with Crippen LogP contribution in [0.5, 0.6) is 0 Å². The van der Waals surface area contributed by atoms with Crippen LogP contribution in [0.4, 0.5) is 8.78 Å². The van der Waals surface area contributed by atoms with Crippen LogP contribution in [0.2, 0.25) is 0 Å². The molecule has 2 rings (SSSR count). The van der Waals surface area contributed by atoms with E-state index in [2.05, 4.69) is 0 Å². The van der Waals surface area contributed by atoms with E-state index < -0.39 is 42.2 Å². The zero-order valence-electron chi connectivity index (χ0n) is 8.92. The van der Waals surface area contributed by atoms with Crippen molar-refractivity contribution in [2.75, 3.05) is 6.61 Å². The molecule has 9 heteroatoms. The van der Waals surface area contributed by atoms with Crippen LogP contribution in [-0.4, -0.2) is 44.5 Å². The van der Waals surface area contributed by atoms with Gasteiger partial charge in [-0.1, -0.05) is 0 Å². The standard InChI is InChI=1S/C9H10F2N2O5/c10-9(11)6(16)4(3-14)18-7(9)13-2-1-5(15)12-8(13)17/h1-2,4,6-7,14,16H,3H2,(H,12,15,17)/t4-,6+,7+/m1/s1. The second-order valence-corrected chi connectivity index (χ2v) is 3.85. The van der Waals surface area contributed by atoms with Gasteiger partial charge in [0.15, 0.2) is 6.10 Å². The molecule has 100 valence electrons.